The Morgan fingerprint density at radius 3 is 2.17 bits per heavy atom. The molecule has 0 bridgehead atoms. The summed E-state index contributed by atoms with van der Waals surface area (Å²) in [4.78, 5) is 30.0. The van der Waals surface area contributed by atoms with Gasteiger partial charge in [0, 0.05) is 19.5 Å². The number of nitrogens with zero attached hydrogens (tertiary/aromatic N) is 2. The lowest BCUT2D eigenvalue weighted by molar-refractivity contribution is -0.140. The molecule has 48 heavy (non-hydrogen) atoms. The Kier molecular flexibility index (Phi) is 13.3. The van der Waals surface area contributed by atoms with Crippen molar-refractivity contribution in [2.45, 2.75) is 57.5 Å². The summed E-state index contributed by atoms with van der Waals surface area (Å²) in [6.07, 6.45) is 1.86. The van der Waals surface area contributed by atoms with Crippen molar-refractivity contribution >= 4 is 50.7 Å². The van der Waals surface area contributed by atoms with Gasteiger partial charge in [-0.25, -0.2) is 8.42 Å². The first kappa shape index (κ1) is 36.8. The van der Waals surface area contributed by atoms with Gasteiger partial charge in [-0.2, -0.15) is 0 Å². The van der Waals surface area contributed by atoms with E-state index in [0.29, 0.717) is 34.5 Å². The molecule has 0 aromatic heterocycles. The van der Waals surface area contributed by atoms with E-state index in [1.54, 1.807) is 54.6 Å². The molecule has 0 saturated heterocycles. The number of rotatable bonds is 16. The number of aryl methyl sites for hydroxylation is 1. The zero-order valence-corrected chi connectivity index (χ0v) is 29.7. The van der Waals surface area contributed by atoms with Crippen LogP contribution in [-0.2, 0) is 32.6 Å². The molecular weight excluding hydrogens is 669 g/mol. The number of carbonyl (C=O) groups is 2. The Morgan fingerprint density at radius 1 is 0.854 bits per heavy atom. The van der Waals surface area contributed by atoms with Crippen LogP contribution in [0.3, 0.4) is 0 Å². The van der Waals surface area contributed by atoms with Gasteiger partial charge in [-0.05, 0) is 79.9 Å². The predicted molar refractivity (Wildman–Crippen MR) is 192 cm³/mol. The van der Waals surface area contributed by atoms with Crippen molar-refractivity contribution in [1.29, 1.82) is 0 Å². The lowest BCUT2D eigenvalue weighted by Crippen LogP contribution is -2.53. The van der Waals surface area contributed by atoms with E-state index < -0.39 is 28.5 Å². The number of carbonyl (C=O) groups excluding carboxylic acids is 2. The van der Waals surface area contributed by atoms with Crippen LogP contribution >= 0.6 is 23.2 Å². The molecule has 4 rings (SSSR count). The molecule has 8 nitrogen and oxygen atoms in total. The number of sulfonamides is 1. The van der Waals surface area contributed by atoms with Crippen molar-refractivity contribution in [3.8, 4) is 5.75 Å². The second kappa shape index (κ2) is 17.4. The van der Waals surface area contributed by atoms with Crippen LogP contribution in [0.2, 0.25) is 10.0 Å². The highest BCUT2D eigenvalue weighted by Crippen LogP contribution is 2.28. The van der Waals surface area contributed by atoms with Gasteiger partial charge in [-0.3, -0.25) is 13.9 Å². The molecule has 0 aliphatic heterocycles. The molecule has 2 amide bonds. The highest BCUT2D eigenvalue weighted by atomic mass is 35.5. The largest absolute Gasteiger partial charge is 0.494 e. The third kappa shape index (κ3) is 9.75. The Hall–Kier alpha value is -4.05. The number of amides is 2. The number of anilines is 1. The highest BCUT2D eigenvalue weighted by molar-refractivity contribution is 7.92. The molecule has 0 aliphatic carbocycles. The van der Waals surface area contributed by atoms with Crippen molar-refractivity contribution in [3.05, 3.63) is 124 Å². The van der Waals surface area contributed by atoms with Gasteiger partial charge in [-0.15, -0.1) is 0 Å². The number of benzene rings is 4. The standard InChI is InChI=1S/C37H41Cl2N3O5S/c1-4-6-22-40-37(44)35(24-28-10-8-7-9-11-28)41(25-29-14-21-33(38)34(39)23-29)36(43)26-42(30-15-17-31(18-16-30)47-5-2)48(45,46)32-19-12-27(3)13-20-32/h7-21,23,35H,4-6,22,24-26H2,1-3H3,(H,40,44). The number of hydrogen-bond donors (Lipinski definition) is 1. The average Bonchev–Trinajstić information content (AvgIpc) is 3.08. The highest BCUT2D eigenvalue weighted by Gasteiger charge is 2.34. The van der Waals surface area contributed by atoms with Crippen molar-refractivity contribution < 1.29 is 22.7 Å². The van der Waals surface area contributed by atoms with E-state index in [0.717, 1.165) is 28.3 Å². The quantitative estimate of drug-likeness (QED) is 0.122. The van der Waals surface area contributed by atoms with E-state index in [1.807, 2.05) is 51.1 Å². The van der Waals surface area contributed by atoms with E-state index in [2.05, 4.69) is 5.32 Å². The smallest absolute Gasteiger partial charge is 0.264 e. The van der Waals surface area contributed by atoms with E-state index >= 15 is 0 Å². The summed E-state index contributed by atoms with van der Waals surface area (Å²) in [6, 6.07) is 26.4. The number of unbranched alkanes of at least 4 members (excludes halogenated alkanes) is 1. The summed E-state index contributed by atoms with van der Waals surface area (Å²) < 4.78 is 35.1. The van der Waals surface area contributed by atoms with E-state index in [-0.39, 0.29) is 29.5 Å². The maximum atomic E-state index is 14.6. The van der Waals surface area contributed by atoms with Crippen LogP contribution in [0, 0.1) is 6.92 Å². The molecule has 1 unspecified atom stereocenters. The molecule has 254 valence electrons. The molecule has 0 radical (unpaired) electrons. The fourth-order valence-electron chi connectivity index (χ4n) is 5.14. The third-order valence-corrected chi connectivity index (χ3v) is 10.3. The Morgan fingerprint density at radius 2 is 1.54 bits per heavy atom. The SMILES string of the molecule is CCCCNC(=O)C(Cc1ccccc1)N(Cc1ccc(Cl)c(Cl)c1)C(=O)CN(c1ccc(OCC)cc1)S(=O)(=O)c1ccc(C)cc1. The van der Waals surface area contributed by atoms with Crippen LogP contribution < -0.4 is 14.4 Å². The molecule has 4 aromatic rings. The Labute approximate surface area is 293 Å². The van der Waals surface area contributed by atoms with Crippen molar-refractivity contribution in [3.63, 3.8) is 0 Å². The monoisotopic (exact) mass is 709 g/mol. The van der Waals surface area contributed by atoms with E-state index in [4.69, 9.17) is 27.9 Å². The topological polar surface area (TPSA) is 96.0 Å². The molecule has 0 spiro atoms. The summed E-state index contributed by atoms with van der Waals surface area (Å²) in [5.41, 5.74) is 2.64. The molecule has 0 fully saturated rings. The van der Waals surface area contributed by atoms with Gasteiger partial charge in [0.25, 0.3) is 10.0 Å². The maximum Gasteiger partial charge on any atom is 0.264 e. The zero-order chi connectivity index (χ0) is 34.7. The second-order valence-corrected chi connectivity index (χ2v) is 14.0. The molecule has 0 aliphatic rings. The average molecular weight is 711 g/mol. The maximum absolute atomic E-state index is 14.6. The lowest BCUT2D eigenvalue weighted by atomic mass is 10.0. The molecular formula is C37H41Cl2N3O5S. The van der Waals surface area contributed by atoms with E-state index in [1.165, 1.54) is 17.0 Å². The molecule has 4 aromatic carbocycles. The predicted octanol–water partition coefficient (Wildman–Crippen LogP) is 7.45. The summed E-state index contributed by atoms with van der Waals surface area (Å²) in [6.45, 7) is 6.04. The van der Waals surface area contributed by atoms with Gasteiger partial charge in [-0.1, -0.05) is 90.6 Å². The van der Waals surface area contributed by atoms with Crippen LogP contribution in [0.15, 0.2) is 102 Å². The van der Waals surface area contributed by atoms with Gasteiger partial charge < -0.3 is 15.0 Å². The molecule has 0 saturated carbocycles. The van der Waals surface area contributed by atoms with Crippen LogP contribution in [0.1, 0.15) is 43.4 Å². The minimum Gasteiger partial charge on any atom is -0.494 e. The minimum absolute atomic E-state index is 0.0177. The molecule has 1 N–H and O–H groups in total. The Balaban J connectivity index is 1.80. The first-order chi connectivity index (χ1) is 23.0. The van der Waals surface area contributed by atoms with Crippen molar-refractivity contribution in [2.24, 2.45) is 0 Å². The number of halogens is 2. The third-order valence-electron chi connectivity index (χ3n) is 7.76. The zero-order valence-electron chi connectivity index (χ0n) is 27.4. The van der Waals surface area contributed by atoms with Gasteiger partial charge in [0.05, 0.1) is 27.2 Å². The summed E-state index contributed by atoms with van der Waals surface area (Å²) >= 11 is 12.6. The second-order valence-electron chi connectivity index (χ2n) is 11.4. The first-order valence-electron chi connectivity index (χ1n) is 15.9. The van der Waals surface area contributed by atoms with Crippen molar-refractivity contribution in [1.82, 2.24) is 10.2 Å². The fourth-order valence-corrected chi connectivity index (χ4v) is 6.87. The molecule has 11 heteroatoms. The lowest BCUT2D eigenvalue weighted by Gasteiger charge is -2.34. The molecule has 1 atom stereocenters. The van der Waals surface area contributed by atoms with Crippen LogP contribution in [0.5, 0.6) is 5.75 Å². The van der Waals surface area contributed by atoms with Crippen LogP contribution in [0.25, 0.3) is 0 Å². The minimum atomic E-state index is -4.23. The summed E-state index contributed by atoms with van der Waals surface area (Å²) in [5, 5.41) is 3.63. The fraction of sp³-hybridized carbons (Fsp3) is 0.297. The van der Waals surface area contributed by atoms with Gasteiger partial charge in [0.15, 0.2) is 0 Å². The first-order valence-corrected chi connectivity index (χ1v) is 18.1. The van der Waals surface area contributed by atoms with Gasteiger partial charge in [0.1, 0.15) is 18.3 Å². The van der Waals surface area contributed by atoms with Crippen molar-refractivity contribution in [2.75, 3.05) is 24.0 Å². The van der Waals surface area contributed by atoms with Gasteiger partial charge in [0.2, 0.25) is 11.8 Å². The molecule has 0 heterocycles. The van der Waals surface area contributed by atoms with E-state index in [9.17, 15) is 18.0 Å². The normalized spacial score (nSPS) is 11.9. The number of hydrogen-bond acceptors (Lipinski definition) is 5. The van der Waals surface area contributed by atoms with Gasteiger partial charge >= 0.3 is 0 Å². The van der Waals surface area contributed by atoms with Crippen LogP contribution in [0.4, 0.5) is 5.69 Å². The number of nitrogens with one attached hydrogen (secondary N) is 1. The summed E-state index contributed by atoms with van der Waals surface area (Å²) in [5.74, 6) is -0.347. The summed E-state index contributed by atoms with van der Waals surface area (Å²) in [7, 11) is -4.23. The van der Waals surface area contributed by atoms with Crippen LogP contribution in [-0.4, -0.2) is 50.9 Å². The number of ether oxygens (including phenoxy) is 1. The Bertz CT molecular complexity index is 1770.